The highest BCUT2D eigenvalue weighted by Gasteiger charge is 2.24. The number of carbonyl (C=O) groups excluding carboxylic acids is 1. The van der Waals surface area contributed by atoms with E-state index in [0.717, 1.165) is 17.0 Å². The molecule has 3 rings (SSSR count). The van der Waals surface area contributed by atoms with Crippen LogP contribution in [0.3, 0.4) is 0 Å². The van der Waals surface area contributed by atoms with E-state index in [9.17, 15) is 4.79 Å². The first-order valence-corrected chi connectivity index (χ1v) is 7.06. The zero-order chi connectivity index (χ0) is 14.8. The molecule has 4 nitrogen and oxygen atoms in total. The summed E-state index contributed by atoms with van der Waals surface area (Å²) < 4.78 is 5.70. The molecule has 1 atom stereocenters. The van der Waals surface area contributed by atoms with E-state index in [0.29, 0.717) is 5.56 Å². The standard InChI is InChI=1S/C17H18N2O2/c1-11(2)21-13-7-5-6-12(10-13)16-18-15-9-4-3-8-14(15)17(20)19-16/h3-11,16,18H,1-2H3,(H,19,20). The summed E-state index contributed by atoms with van der Waals surface area (Å²) in [6.07, 6.45) is -0.127. The van der Waals surface area contributed by atoms with Gasteiger partial charge < -0.3 is 15.4 Å². The molecule has 0 aromatic heterocycles. The van der Waals surface area contributed by atoms with Crippen molar-refractivity contribution in [2.45, 2.75) is 26.1 Å². The quantitative estimate of drug-likeness (QED) is 0.908. The number of fused-ring (bicyclic) bond motifs is 1. The number of ether oxygens (including phenoxy) is 1. The minimum atomic E-state index is -0.247. The molecule has 2 N–H and O–H groups in total. The average molecular weight is 282 g/mol. The van der Waals surface area contributed by atoms with E-state index < -0.39 is 0 Å². The van der Waals surface area contributed by atoms with Gasteiger partial charge in [0.2, 0.25) is 0 Å². The van der Waals surface area contributed by atoms with Crippen LogP contribution >= 0.6 is 0 Å². The smallest absolute Gasteiger partial charge is 0.255 e. The fraction of sp³-hybridized carbons (Fsp3) is 0.235. The molecule has 2 aromatic carbocycles. The molecule has 1 unspecified atom stereocenters. The topological polar surface area (TPSA) is 50.4 Å². The fourth-order valence-electron chi connectivity index (χ4n) is 2.41. The van der Waals surface area contributed by atoms with Gasteiger partial charge in [-0.1, -0.05) is 24.3 Å². The summed E-state index contributed by atoms with van der Waals surface area (Å²) in [6, 6.07) is 15.3. The molecule has 0 fully saturated rings. The second-order valence-corrected chi connectivity index (χ2v) is 5.34. The highest BCUT2D eigenvalue weighted by molar-refractivity contribution is 6.01. The van der Waals surface area contributed by atoms with E-state index in [1.807, 2.05) is 62.4 Å². The van der Waals surface area contributed by atoms with Crippen LogP contribution in [0.25, 0.3) is 0 Å². The molecule has 108 valence electrons. The lowest BCUT2D eigenvalue weighted by Crippen LogP contribution is -2.38. The van der Waals surface area contributed by atoms with E-state index in [2.05, 4.69) is 10.6 Å². The van der Waals surface area contributed by atoms with Crippen molar-refractivity contribution in [2.75, 3.05) is 5.32 Å². The summed E-state index contributed by atoms with van der Waals surface area (Å²) in [7, 11) is 0. The number of benzene rings is 2. The van der Waals surface area contributed by atoms with E-state index >= 15 is 0 Å². The molecule has 0 saturated carbocycles. The van der Waals surface area contributed by atoms with Crippen molar-refractivity contribution in [1.29, 1.82) is 0 Å². The van der Waals surface area contributed by atoms with Crippen molar-refractivity contribution in [2.24, 2.45) is 0 Å². The zero-order valence-corrected chi connectivity index (χ0v) is 12.1. The average Bonchev–Trinajstić information content (AvgIpc) is 2.47. The summed E-state index contributed by atoms with van der Waals surface area (Å²) in [5.74, 6) is 0.738. The van der Waals surface area contributed by atoms with Crippen molar-refractivity contribution >= 4 is 11.6 Å². The number of anilines is 1. The Bertz CT molecular complexity index is 667. The van der Waals surface area contributed by atoms with Gasteiger partial charge in [0.1, 0.15) is 11.9 Å². The third kappa shape index (κ3) is 2.84. The van der Waals surface area contributed by atoms with Gasteiger partial charge in [-0.15, -0.1) is 0 Å². The summed E-state index contributed by atoms with van der Waals surface area (Å²) in [5.41, 5.74) is 2.49. The lowest BCUT2D eigenvalue weighted by Gasteiger charge is -2.28. The lowest BCUT2D eigenvalue weighted by atomic mass is 10.1. The molecule has 0 saturated heterocycles. The van der Waals surface area contributed by atoms with Crippen LogP contribution < -0.4 is 15.4 Å². The Morgan fingerprint density at radius 2 is 1.86 bits per heavy atom. The Labute approximate surface area is 124 Å². The predicted octanol–water partition coefficient (Wildman–Crippen LogP) is 3.33. The summed E-state index contributed by atoms with van der Waals surface area (Å²) in [6.45, 7) is 3.98. The minimum Gasteiger partial charge on any atom is -0.491 e. The molecule has 4 heteroatoms. The van der Waals surface area contributed by atoms with Crippen molar-refractivity contribution in [3.05, 3.63) is 59.7 Å². The molecular formula is C17H18N2O2. The van der Waals surface area contributed by atoms with Crippen LogP contribution in [0.2, 0.25) is 0 Å². The van der Waals surface area contributed by atoms with Crippen LogP contribution in [0, 0.1) is 0 Å². The van der Waals surface area contributed by atoms with Crippen LogP contribution in [-0.2, 0) is 0 Å². The Kier molecular flexibility index (Phi) is 3.52. The van der Waals surface area contributed by atoms with Gasteiger partial charge in [-0.2, -0.15) is 0 Å². The number of nitrogens with one attached hydrogen (secondary N) is 2. The molecule has 1 aliphatic heterocycles. The zero-order valence-electron chi connectivity index (χ0n) is 12.1. The van der Waals surface area contributed by atoms with E-state index in [1.54, 1.807) is 0 Å². The highest BCUT2D eigenvalue weighted by atomic mass is 16.5. The predicted molar refractivity (Wildman–Crippen MR) is 82.5 cm³/mol. The van der Waals surface area contributed by atoms with Crippen molar-refractivity contribution in [3.8, 4) is 5.75 Å². The third-order valence-electron chi connectivity index (χ3n) is 3.31. The highest BCUT2D eigenvalue weighted by Crippen LogP contribution is 2.27. The second kappa shape index (κ2) is 5.48. The molecule has 2 aromatic rings. The van der Waals surface area contributed by atoms with Crippen LogP contribution in [0.4, 0.5) is 5.69 Å². The third-order valence-corrected chi connectivity index (χ3v) is 3.31. The number of amides is 1. The van der Waals surface area contributed by atoms with Gasteiger partial charge in [0.25, 0.3) is 5.91 Å². The van der Waals surface area contributed by atoms with Gasteiger partial charge in [-0.05, 0) is 43.7 Å². The van der Waals surface area contributed by atoms with Crippen LogP contribution in [0.5, 0.6) is 5.75 Å². The number of rotatable bonds is 3. The molecular weight excluding hydrogens is 264 g/mol. The van der Waals surface area contributed by atoms with Gasteiger partial charge in [0.05, 0.1) is 11.7 Å². The largest absolute Gasteiger partial charge is 0.491 e. The monoisotopic (exact) mass is 282 g/mol. The maximum absolute atomic E-state index is 12.1. The maximum Gasteiger partial charge on any atom is 0.255 e. The van der Waals surface area contributed by atoms with Gasteiger partial charge in [0.15, 0.2) is 0 Å². The van der Waals surface area contributed by atoms with Crippen LogP contribution in [-0.4, -0.2) is 12.0 Å². The molecule has 21 heavy (non-hydrogen) atoms. The van der Waals surface area contributed by atoms with Crippen molar-refractivity contribution in [3.63, 3.8) is 0 Å². The van der Waals surface area contributed by atoms with Crippen LogP contribution in [0.1, 0.15) is 35.9 Å². The van der Waals surface area contributed by atoms with Gasteiger partial charge in [0, 0.05) is 5.69 Å². The number of hydrogen-bond donors (Lipinski definition) is 2. The Morgan fingerprint density at radius 1 is 1.05 bits per heavy atom. The Morgan fingerprint density at radius 3 is 2.67 bits per heavy atom. The first kappa shape index (κ1) is 13.5. The molecule has 0 bridgehead atoms. The second-order valence-electron chi connectivity index (χ2n) is 5.34. The first-order valence-electron chi connectivity index (χ1n) is 7.06. The molecule has 0 radical (unpaired) electrons. The summed E-state index contributed by atoms with van der Waals surface area (Å²) in [4.78, 5) is 12.1. The first-order chi connectivity index (χ1) is 10.1. The van der Waals surface area contributed by atoms with E-state index in [4.69, 9.17) is 4.74 Å². The van der Waals surface area contributed by atoms with Gasteiger partial charge >= 0.3 is 0 Å². The number of hydrogen-bond acceptors (Lipinski definition) is 3. The van der Waals surface area contributed by atoms with Crippen LogP contribution in [0.15, 0.2) is 48.5 Å². The van der Waals surface area contributed by atoms with E-state index in [1.165, 1.54) is 0 Å². The SMILES string of the molecule is CC(C)Oc1cccc(C2NC(=O)c3ccccc3N2)c1. The number of para-hydroxylation sites is 1. The maximum atomic E-state index is 12.1. The molecule has 1 amide bonds. The lowest BCUT2D eigenvalue weighted by molar-refractivity contribution is 0.0935. The molecule has 1 heterocycles. The Hall–Kier alpha value is -2.49. The van der Waals surface area contributed by atoms with E-state index in [-0.39, 0.29) is 18.2 Å². The van der Waals surface area contributed by atoms with Gasteiger partial charge in [-0.25, -0.2) is 0 Å². The summed E-state index contributed by atoms with van der Waals surface area (Å²) in [5, 5.41) is 6.30. The molecule has 0 spiro atoms. The Balaban J connectivity index is 1.87. The van der Waals surface area contributed by atoms with Crippen molar-refractivity contribution in [1.82, 2.24) is 5.32 Å². The van der Waals surface area contributed by atoms with Gasteiger partial charge in [-0.3, -0.25) is 4.79 Å². The normalized spacial score (nSPS) is 16.9. The molecule has 1 aliphatic rings. The summed E-state index contributed by atoms with van der Waals surface area (Å²) >= 11 is 0. The van der Waals surface area contributed by atoms with Crippen molar-refractivity contribution < 1.29 is 9.53 Å². The molecule has 0 aliphatic carbocycles. The number of carbonyl (C=O) groups is 1. The minimum absolute atomic E-state index is 0.0652. The fourth-order valence-corrected chi connectivity index (χ4v) is 2.41.